The number of benzene rings is 2. The van der Waals surface area contributed by atoms with Crippen molar-refractivity contribution in [3.8, 4) is 23.4 Å². The van der Waals surface area contributed by atoms with Gasteiger partial charge < -0.3 is 19.9 Å². The first-order valence-electron chi connectivity index (χ1n) is 9.30. The number of H-pyrrole nitrogens is 1. The number of fused-ring (bicyclic) bond motifs is 1. The largest absolute Gasteiger partial charge is 0.493 e. The summed E-state index contributed by atoms with van der Waals surface area (Å²) in [6.45, 7) is 2.14. The summed E-state index contributed by atoms with van der Waals surface area (Å²) in [7, 11) is 1.56. The first-order valence-corrected chi connectivity index (χ1v) is 10.5. The summed E-state index contributed by atoms with van der Waals surface area (Å²) in [5, 5.41) is 17.4. The summed E-state index contributed by atoms with van der Waals surface area (Å²) in [5.41, 5.74) is 9.48. The van der Waals surface area contributed by atoms with Gasteiger partial charge in [-0.3, -0.25) is 5.10 Å². The number of nitrogens with one attached hydrogen (secondary N) is 1. The Morgan fingerprint density at radius 2 is 2.13 bits per heavy atom. The average molecular weight is 502 g/mol. The lowest BCUT2D eigenvalue weighted by Gasteiger charge is -2.25. The monoisotopic (exact) mass is 500 g/mol. The SMILES string of the molecule is COc1cc(C2C(C#N)=C(N)Oc3n[nH]c(C)c32)cc(Br)c1OCc1ccccc1Cl. The van der Waals surface area contributed by atoms with E-state index in [9.17, 15) is 5.26 Å². The van der Waals surface area contributed by atoms with Crippen LogP contribution in [0.5, 0.6) is 17.4 Å². The van der Waals surface area contributed by atoms with E-state index in [4.69, 9.17) is 31.5 Å². The number of methoxy groups -OCH3 is 1. The fourth-order valence-corrected chi connectivity index (χ4v) is 4.31. The highest BCUT2D eigenvalue weighted by atomic mass is 79.9. The number of halogens is 2. The predicted molar refractivity (Wildman–Crippen MR) is 119 cm³/mol. The second-order valence-electron chi connectivity index (χ2n) is 6.91. The molecular formula is C22H18BrClN4O3. The standard InChI is InChI=1S/C22H18BrClN4O3/c1-11-18-19(14(9-25)21(26)31-22(18)28-27-11)13-7-15(23)20(17(8-13)29-2)30-10-12-5-3-4-6-16(12)24/h3-8,19H,10,26H2,1-2H3,(H,27,28). The number of hydrogen-bond donors (Lipinski definition) is 2. The molecule has 9 heteroatoms. The third-order valence-electron chi connectivity index (χ3n) is 5.04. The molecule has 1 atom stereocenters. The minimum atomic E-state index is -0.463. The molecule has 0 bridgehead atoms. The number of aromatic nitrogens is 2. The fraction of sp³-hybridized carbons (Fsp3) is 0.182. The molecule has 0 amide bonds. The van der Waals surface area contributed by atoms with Crippen LogP contribution in [-0.2, 0) is 6.61 Å². The van der Waals surface area contributed by atoms with Crippen LogP contribution in [0.15, 0.2) is 52.3 Å². The molecule has 0 saturated carbocycles. The van der Waals surface area contributed by atoms with E-state index in [2.05, 4.69) is 32.2 Å². The second kappa shape index (κ2) is 8.53. The van der Waals surface area contributed by atoms with Gasteiger partial charge in [-0.15, -0.1) is 5.10 Å². The molecular weight excluding hydrogens is 484 g/mol. The predicted octanol–water partition coefficient (Wildman–Crippen LogP) is 4.94. The molecule has 31 heavy (non-hydrogen) atoms. The Kier molecular flexibility index (Phi) is 5.81. The highest BCUT2D eigenvalue weighted by Crippen LogP contribution is 2.46. The minimum absolute atomic E-state index is 0.0284. The quantitative estimate of drug-likeness (QED) is 0.513. The van der Waals surface area contributed by atoms with Crippen molar-refractivity contribution in [1.29, 1.82) is 5.26 Å². The van der Waals surface area contributed by atoms with Crippen LogP contribution >= 0.6 is 27.5 Å². The molecule has 0 aliphatic carbocycles. The zero-order chi connectivity index (χ0) is 22.1. The molecule has 4 rings (SSSR count). The Morgan fingerprint density at radius 1 is 1.35 bits per heavy atom. The summed E-state index contributed by atoms with van der Waals surface area (Å²) in [5.74, 6) is 0.948. The molecule has 7 nitrogen and oxygen atoms in total. The lowest BCUT2D eigenvalue weighted by molar-refractivity contribution is 0.282. The molecule has 2 aromatic carbocycles. The highest BCUT2D eigenvalue weighted by molar-refractivity contribution is 9.10. The number of nitrogens with zero attached hydrogens (tertiary/aromatic N) is 2. The van der Waals surface area contributed by atoms with E-state index >= 15 is 0 Å². The molecule has 158 valence electrons. The molecule has 2 heterocycles. The molecule has 1 aliphatic heterocycles. The number of aromatic amines is 1. The Hall–Kier alpha value is -3.15. The van der Waals surface area contributed by atoms with E-state index in [0.29, 0.717) is 32.4 Å². The van der Waals surface area contributed by atoms with Crippen LogP contribution in [-0.4, -0.2) is 17.3 Å². The normalized spacial score (nSPS) is 15.1. The topological polar surface area (TPSA) is 106 Å². The van der Waals surface area contributed by atoms with Gasteiger partial charge in [0.2, 0.25) is 11.8 Å². The Balaban J connectivity index is 1.75. The summed E-state index contributed by atoms with van der Waals surface area (Å²) < 4.78 is 17.8. The smallest absolute Gasteiger partial charge is 0.244 e. The van der Waals surface area contributed by atoms with Gasteiger partial charge in [-0.05, 0) is 46.6 Å². The molecule has 3 aromatic rings. The van der Waals surface area contributed by atoms with Crippen LogP contribution in [0.4, 0.5) is 0 Å². The molecule has 0 fully saturated rings. The van der Waals surface area contributed by atoms with Gasteiger partial charge >= 0.3 is 0 Å². The van der Waals surface area contributed by atoms with Crippen molar-refractivity contribution in [3.05, 3.63) is 79.7 Å². The Labute approximate surface area is 192 Å². The minimum Gasteiger partial charge on any atom is -0.493 e. The van der Waals surface area contributed by atoms with Gasteiger partial charge in [-0.1, -0.05) is 29.8 Å². The molecule has 1 aromatic heterocycles. The maximum Gasteiger partial charge on any atom is 0.244 e. The highest BCUT2D eigenvalue weighted by Gasteiger charge is 2.35. The van der Waals surface area contributed by atoms with Crippen molar-refractivity contribution >= 4 is 27.5 Å². The van der Waals surface area contributed by atoms with E-state index in [0.717, 1.165) is 22.4 Å². The fourth-order valence-electron chi connectivity index (χ4n) is 3.54. The van der Waals surface area contributed by atoms with Crippen LogP contribution in [0, 0.1) is 18.3 Å². The maximum absolute atomic E-state index is 9.76. The van der Waals surface area contributed by atoms with Crippen molar-refractivity contribution < 1.29 is 14.2 Å². The molecule has 1 unspecified atom stereocenters. The number of rotatable bonds is 5. The summed E-state index contributed by atoms with van der Waals surface area (Å²) in [6, 6.07) is 13.3. The van der Waals surface area contributed by atoms with Crippen LogP contribution < -0.4 is 19.9 Å². The number of nitriles is 1. The van der Waals surface area contributed by atoms with E-state index in [1.807, 2.05) is 43.3 Å². The molecule has 0 saturated heterocycles. The average Bonchev–Trinajstić information content (AvgIpc) is 3.12. The van der Waals surface area contributed by atoms with Gasteiger partial charge in [0.1, 0.15) is 18.2 Å². The first-order chi connectivity index (χ1) is 14.9. The summed E-state index contributed by atoms with van der Waals surface area (Å²) in [4.78, 5) is 0. The summed E-state index contributed by atoms with van der Waals surface area (Å²) in [6.07, 6.45) is 0. The van der Waals surface area contributed by atoms with Crippen molar-refractivity contribution in [2.75, 3.05) is 7.11 Å². The second-order valence-corrected chi connectivity index (χ2v) is 8.17. The zero-order valence-corrected chi connectivity index (χ0v) is 19.0. The number of ether oxygens (including phenoxy) is 3. The number of hydrogen-bond acceptors (Lipinski definition) is 6. The Morgan fingerprint density at radius 3 is 2.84 bits per heavy atom. The van der Waals surface area contributed by atoms with Crippen LogP contribution in [0.25, 0.3) is 0 Å². The van der Waals surface area contributed by atoms with Crippen molar-refractivity contribution in [3.63, 3.8) is 0 Å². The molecule has 3 N–H and O–H groups in total. The third-order valence-corrected chi connectivity index (χ3v) is 6.00. The van der Waals surface area contributed by atoms with Crippen LogP contribution in [0.1, 0.15) is 28.3 Å². The zero-order valence-electron chi connectivity index (χ0n) is 16.7. The number of aryl methyl sites for hydroxylation is 1. The van der Waals surface area contributed by atoms with Gasteiger partial charge in [0.25, 0.3) is 0 Å². The maximum atomic E-state index is 9.76. The summed E-state index contributed by atoms with van der Waals surface area (Å²) >= 11 is 9.82. The molecule has 0 spiro atoms. The van der Waals surface area contributed by atoms with E-state index in [1.54, 1.807) is 7.11 Å². The molecule has 0 radical (unpaired) electrons. The van der Waals surface area contributed by atoms with Crippen molar-refractivity contribution in [2.45, 2.75) is 19.4 Å². The van der Waals surface area contributed by atoms with Crippen LogP contribution in [0.3, 0.4) is 0 Å². The van der Waals surface area contributed by atoms with Crippen molar-refractivity contribution in [1.82, 2.24) is 10.2 Å². The van der Waals surface area contributed by atoms with Gasteiger partial charge in [0.15, 0.2) is 11.5 Å². The van der Waals surface area contributed by atoms with Gasteiger partial charge in [-0.25, -0.2) is 0 Å². The lowest BCUT2D eigenvalue weighted by atomic mass is 9.84. The van der Waals surface area contributed by atoms with Crippen LogP contribution in [0.2, 0.25) is 5.02 Å². The van der Waals surface area contributed by atoms with E-state index < -0.39 is 5.92 Å². The Bertz CT molecular complexity index is 1230. The van der Waals surface area contributed by atoms with E-state index in [1.165, 1.54) is 0 Å². The lowest BCUT2D eigenvalue weighted by Crippen LogP contribution is -2.21. The first kappa shape index (κ1) is 21.1. The number of allylic oxidation sites excluding steroid dienone is 1. The van der Waals surface area contributed by atoms with Gasteiger partial charge in [0.05, 0.1) is 17.5 Å². The third kappa shape index (κ3) is 3.82. The van der Waals surface area contributed by atoms with Gasteiger partial charge in [-0.2, -0.15) is 5.26 Å². The van der Waals surface area contributed by atoms with Crippen molar-refractivity contribution in [2.24, 2.45) is 5.73 Å². The molecule has 1 aliphatic rings. The number of nitrogens with two attached hydrogens (primary N) is 1. The van der Waals surface area contributed by atoms with Gasteiger partial charge in [0, 0.05) is 21.8 Å². The van der Waals surface area contributed by atoms with E-state index in [-0.39, 0.29) is 12.5 Å².